The summed E-state index contributed by atoms with van der Waals surface area (Å²) < 4.78 is 32.2. The van der Waals surface area contributed by atoms with Crippen molar-refractivity contribution in [3.8, 4) is 11.3 Å². The summed E-state index contributed by atoms with van der Waals surface area (Å²) in [7, 11) is 0. The van der Waals surface area contributed by atoms with Crippen molar-refractivity contribution in [1.29, 1.82) is 0 Å². The third-order valence-electron chi connectivity index (χ3n) is 4.05. The summed E-state index contributed by atoms with van der Waals surface area (Å²) >= 11 is 0. The largest absolute Gasteiger partial charge is 0.460 e. The number of alkyl halides is 2. The SMILES string of the molecule is Cc1ccc(-c2ccc(C3(CN)CC(F)(F)C3)o2)cc1. The van der Waals surface area contributed by atoms with Crippen molar-refractivity contribution in [2.24, 2.45) is 5.73 Å². The van der Waals surface area contributed by atoms with E-state index < -0.39 is 11.3 Å². The number of furan rings is 1. The minimum absolute atomic E-state index is 0.184. The molecule has 1 aromatic carbocycles. The first-order chi connectivity index (χ1) is 9.44. The predicted octanol–water partition coefficient (Wildman–Crippen LogP) is 3.88. The van der Waals surface area contributed by atoms with Gasteiger partial charge < -0.3 is 10.2 Å². The van der Waals surface area contributed by atoms with E-state index in [0.717, 1.165) is 11.1 Å². The first-order valence-electron chi connectivity index (χ1n) is 6.69. The second kappa shape index (κ2) is 4.42. The molecular formula is C16H17F2NO. The maximum atomic E-state index is 13.2. The van der Waals surface area contributed by atoms with Crippen molar-refractivity contribution < 1.29 is 13.2 Å². The highest BCUT2D eigenvalue weighted by molar-refractivity contribution is 5.58. The molecule has 0 amide bonds. The van der Waals surface area contributed by atoms with Crippen LogP contribution in [0.4, 0.5) is 8.78 Å². The molecule has 0 aliphatic heterocycles. The Balaban J connectivity index is 1.89. The van der Waals surface area contributed by atoms with E-state index in [4.69, 9.17) is 10.2 Å². The molecule has 0 atom stereocenters. The molecule has 1 aromatic heterocycles. The monoisotopic (exact) mass is 277 g/mol. The van der Waals surface area contributed by atoms with Crippen LogP contribution in [-0.4, -0.2) is 12.5 Å². The van der Waals surface area contributed by atoms with Gasteiger partial charge >= 0.3 is 0 Å². The van der Waals surface area contributed by atoms with Crippen LogP contribution in [0.5, 0.6) is 0 Å². The number of halogens is 2. The summed E-state index contributed by atoms with van der Waals surface area (Å²) in [5.74, 6) is -1.35. The van der Waals surface area contributed by atoms with Gasteiger partial charge in [0.15, 0.2) is 0 Å². The highest BCUT2D eigenvalue weighted by atomic mass is 19.3. The van der Waals surface area contributed by atoms with E-state index >= 15 is 0 Å². The summed E-state index contributed by atoms with van der Waals surface area (Å²) in [5, 5.41) is 0. The van der Waals surface area contributed by atoms with Gasteiger partial charge in [0.25, 0.3) is 0 Å². The molecule has 2 aromatic rings. The van der Waals surface area contributed by atoms with Crippen molar-refractivity contribution in [3.63, 3.8) is 0 Å². The lowest BCUT2D eigenvalue weighted by atomic mass is 9.64. The quantitative estimate of drug-likeness (QED) is 0.924. The average Bonchev–Trinajstić information content (AvgIpc) is 2.86. The van der Waals surface area contributed by atoms with Gasteiger partial charge in [0.05, 0.1) is 5.41 Å². The molecule has 0 unspecified atom stereocenters. The third kappa shape index (κ3) is 2.14. The number of aryl methyl sites for hydroxylation is 1. The van der Waals surface area contributed by atoms with Crippen LogP contribution in [0.3, 0.4) is 0 Å². The Kier molecular flexibility index (Phi) is 2.94. The van der Waals surface area contributed by atoms with Crippen LogP contribution in [0.25, 0.3) is 11.3 Å². The smallest absolute Gasteiger partial charge is 0.250 e. The molecule has 1 aliphatic rings. The van der Waals surface area contributed by atoms with Crippen LogP contribution < -0.4 is 5.73 Å². The van der Waals surface area contributed by atoms with Gasteiger partial charge in [-0.25, -0.2) is 8.78 Å². The van der Waals surface area contributed by atoms with Crippen LogP contribution in [0.1, 0.15) is 24.2 Å². The Hall–Kier alpha value is -1.68. The average molecular weight is 277 g/mol. The topological polar surface area (TPSA) is 39.2 Å². The lowest BCUT2D eigenvalue weighted by molar-refractivity contribution is -0.129. The van der Waals surface area contributed by atoms with Gasteiger partial charge in [-0.2, -0.15) is 0 Å². The van der Waals surface area contributed by atoms with Gasteiger partial charge in [0.2, 0.25) is 5.92 Å². The molecule has 2 nitrogen and oxygen atoms in total. The molecule has 1 heterocycles. The number of nitrogens with two attached hydrogens (primary N) is 1. The molecule has 1 fully saturated rings. The fraction of sp³-hybridized carbons (Fsp3) is 0.375. The molecule has 2 N–H and O–H groups in total. The van der Waals surface area contributed by atoms with Crippen molar-refractivity contribution >= 4 is 0 Å². The first-order valence-corrected chi connectivity index (χ1v) is 6.69. The van der Waals surface area contributed by atoms with Gasteiger partial charge in [-0.15, -0.1) is 0 Å². The van der Waals surface area contributed by atoms with Crippen molar-refractivity contribution in [1.82, 2.24) is 0 Å². The molecule has 20 heavy (non-hydrogen) atoms. The number of rotatable bonds is 3. The molecular weight excluding hydrogens is 260 g/mol. The highest BCUT2D eigenvalue weighted by Crippen LogP contribution is 2.53. The van der Waals surface area contributed by atoms with E-state index in [1.54, 1.807) is 6.07 Å². The van der Waals surface area contributed by atoms with Crippen molar-refractivity contribution in [3.05, 3.63) is 47.7 Å². The molecule has 0 radical (unpaired) electrons. The summed E-state index contributed by atoms with van der Waals surface area (Å²) in [4.78, 5) is 0. The molecule has 0 saturated heterocycles. The molecule has 106 valence electrons. The lowest BCUT2D eigenvalue weighted by Gasteiger charge is -2.45. The minimum Gasteiger partial charge on any atom is -0.460 e. The zero-order valence-corrected chi connectivity index (χ0v) is 11.3. The van der Waals surface area contributed by atoms with Crippen LogP contribution in [0.2, 0.25) is 0 Å². The predicted molar refractivity (Wildman–Crippen MR) is 73.8 cm³/mol. The highest BCUT2D eigenvalue weighted by Gasteiger charge is 2.58. The van der Waals surface area contributed by atoms with E-state index in [9.17, 15) is 8.78 Å². The number of benzene rings is 1. The second-order valence-electron chi connectivity index (χ2n) is 5.72. The standard InChI is InChI=1S/C16H17F2NO/c1-11-2-4-12(5-3-11)13-6-7-14(20-13)15(10-19)8-16(17,18)9-15/h2-7H,8-10,19H2,1H3. The molecule has 0 spiro atoms. The number of hydrogen-bond donors (Lipinski definition) is 1. The maximum Gasteiger partial charge on any atom is 0.250 e. The zero-order chi connectivity index (χ0) is 14.4. The fourth-order valence-corrected chi connectivity index (χ4v) is 2.85. The van der Waals surface area contributed by atoms with E-state index in [-0.39, 0.29) is 19.4 Å². The van der Waals surface area contributed by atoms with Gasteiger partial charge in [-0.05, 0) is 19.1 Å². The van der Waals surface area contributed by atoms with E-state index in [0.29, 0.717) is 11.5 Å². The summed E-state index contributed by atoms with van der Waals surface area (Å²) in [6.07, 6.45) is -0.450. The Morgan fingerprint density at radius 2 is 1.75 bits per heavy atom. The lowest BCUT2D eigenvalue weighted by Crippen LogP contribution is -2.53. The van der Waals surface area contributed by atoms with Crippen molar-refractivity contribution in [2.45, 2.75) is 31.1 Å². The minimum atomic E-state index is -2.61. The van der Waals surface area contributed by atoms with Crippen LogP contribution in [-0.2, 0) is 5.41 Å². The molecule has 3 rings (SSSR count). The van der Waals surface area contributed by atoms with Gasteiger partial charge in [0, 0.05) is 24.9 Å². The fourth-order valence-electron chi connectivity index (χ4n) is 2.85. The van der Waals surface area contributed by atoms with Gasteiger partial charge in [-0.1, -0.05) is 29.8 Å². The molecule has 1 saturated carbocycles. The maximum absolute atomic E-state index is 13.2. The van der Waals surface area contributed by atoms with E-state index in [2.05, 4.69) is 0 Å². The Morgan fingerprint density at radius 3 is 2.30 bits per heavy atom. The van der Waals surface area contributed by atoms with Gasteiger partial charge in [0.1, 0.15) is 11.5 Å². The summed E-state index contributed by atoms with van der Waals surface area (Å²) in [6, 6.07) is 11.5. The Bertz CT molecular complexity index is 608. The normalized spacial score (nSPS) is 19.6. The van der Waals surface area contributed by atoms with Crippen LogP contribution >= 0.6 is 0 Å². The zero-order valence-electron chi connectivity index (χ0n) is 11.3. The van der Waals surface area contributed by atoms with Gasteiger partial charge in [-0.3, -0.25) is 0 Å². The van der Waals surface area contributed by atoms with E-state index in [1.165, 1.54) is 0 Å². The second-order valence-corrected chi connectivity index (χ2v) is 5.72. The Morgan fingerprint density at radius 1 is 1.10 bits per heavy atom. The van der Waals surface area contributed by atoms with Crippen molar-refractivity contribution in [2.75, 3.05) is 6.54 Å². The molecule has 4 heteroatoms. The molecule has 0 bridgehead atoms. The van der Waals surface area contributed by atoms with Crippen LogP contribution in [0, 0.1) is 6.92 Å². The molecule has 1 aliphatic carbocycles. The van der Waals surface area contributed by atoms with Crippen LogP contribution in [0.15, 0.2) is 40.8 Å². The summed E-state index contributed by atoms with van der Waals surface area (Å²) in [5.41, 5.74) is 7.10. The van der Waals surface area contributed by atoms with E-state index in [1.807, 2.05) is 37.3 Å². The third-order valence-corrected chi connectivity index (χ3v) is 4.05. The Labute approximate surface area is 116 Å². The summed E-state index contributed by atoms with van der Waals surface area (Å²) in [6.45, 7) is 2.20. The number of hydrogen-bond acceptors (Lipinski definition) is 2. The first kappa shape index (κ1) is 13.3.